The van der Waals surface area contributed by atoms with Gasteiger partial charge in [-0.1, -0.05) is 24.3 Å². The van der Waals surface area contributed by atoms with Gasteiger partial charge in [-0.3, -0.25) is 4.90 Å². The topological polar surface area (TPSA) is 87.7 Å². The van der Waals surface area contributed by atoms with Crippen molar-refractivity contribution in [2.45, 2.75) is 29.9 Å². The quantitative estimate of drug-likeness (QED) is 0.767. The Labute approximate surface area is 164 Å². The Kier molecular flexibility index (Phi) is 4.86. The molecule has 4 rings (SSSR count). The number of carbonyl (C=O) groups is 1. The van der Waals surface area contributed by atoms with Crippen molar-refractivity contribution in [3.63, 3.8) is 0 Å². The Morgan fingerprint density at radius 3 is 2.46 bits per heavy atom. The second-order valence-corrected chi connectivity index (χ2v) is 8.92. The molecule has 0 atom stereocenters. The number of benzene rings is 2. The first-order valence-corrected chi connectivity index (χ1v) is 10.7. The van der Waals surface area contributed by atoms with Crippen LogP contribution in [0.15, 0.2) is 53.4 Å². The number of ether oxygens (including phenoxy) is 1. The fourth-order valence-electron chi connectivity index (χ4n) is 3.84. The second kappa shape index (κ2) is 7.20. The SMILES string of the molecule is COC(=O)c1ccc(CN2CCC3(CC2)Nc2ccccc2S(=O)(=O)N3)cc1. The number of likely N-dealkylation sites (tertiary alicyclic amines) is 1. The summed E-state index contributed by atoms with van der Waals surface area (Å²) in [5, 5.41) is 3.41. The number of nitrogens with zero attached hydrogens (tertiary/aromatic N) is 1. The number of hydrogen-bond donors (Lipinski definition) is 2. The van der Waals surface area contributed by atoms with Gasteiger partial charge >= 0.3 is 5.97 Å². The molecule has 0 aromatic heterocycles. The Bertz CT molecular complexity index is 981. The lowest BCUT2D eigenvalue weighted by atomic mass is 9.96. The summed E-state index contributed by atoms with van der Waals surface area (Å²) in [5.74, 6) is -0.345. The first-order chi connectivity index (χ1) is 13.4. The summed E-state index contributed by atoms with van der Waals surface area (Å²) >= 11 is 0. The van der Waals surface area contributed by atoms with E-state index in [0.29, 0.717) is 29.0 Å². The lowest BCUT2D eigenvalue weighted by Gasteiger charge is -2.45. The number of carbonyl (C=O) groups excluding carboxylic acids is 1. The lowest BCUT2D eigenvalue weighted by molar-refractivity contribution is 0.0600. The van der Waals surface area contributed by atoms with E-state index in [1.165, 1.54) is 7.11 Å². The minimum Gasteiger partial charge on any atom is -0.465 e. The third kappa shape index (κ3) is 3.63. The van der Waals surface area contributed by atoms with Crippen LogP contribution in [0.5, 0.6) is 0 Å². The summed E-state index contributed by atoms with van der Waals surface area (Å²) in [6.07, 6.45) is 1.33. The number of esters is 1. The number of methoxy groups -OCH3 is 1. The zero-order valence-electron chi connectivity index (χ0n) is 15.6. The van der Waals surface area contributed by atoms with Crippen molar-refractivity contribution in [2.75, 3.05) is 25.5 Å². The van der Waals surface area contributed by atoms with Crippen LogP contribution in [0.25, 0.3) is 0 Å². The van der Waals surface area contributed by atoms with Gasteiger partial charge in [0.1, 0.15) is 10.6 Å². The Morgan fingerprint density at radius 1 is 1.11 bits per heavy atom. The van der Waals surface area contributed by atoms with Gasteiger partial charge < -0.3 is 10.1 Å². The van der Waals surface area contributed by atoms with Crippen LogP contribution in [0.4, 0.5) is 5.69 Å². The normalized spacial score (nSPS) is 20.2. The fraction of sp³-hybridized carbons (Fsp3) is 0.350. The molecule has 8 heteroatoms. The molecule has 2 N–H and O–H groups in total. The van der Waals surface area contributed by atoms with Gasteiger partial charge in [-0.25, -0.2) is 13.2 Å². The van der Waals surface area contributed by atoms with Crippen molar-refractivity contribution >= 4 is 21.7 Å². The van der Waals surface area contributed by atoms with Crippen LogP contribution in [-0.2, 0) is 21.3 Å². The van der Waals surface area contributed by atoms with Crippen molar-refractivity contribution in [1.29, 1.82) is 0 Å². The molecule has 28 heavy (non-hydrogen) atoms. The van der Waals surface area contributed by atoms with Gasteiger partial charge in [0.2, 0.25) is 10.0 Å². The molecule has 1 spiro atoms. The third-order valence-electron chi connectivity index (χ3n) is 5.37. The summed E-state index contributed by atoms with van der Waals surface area (Å²) in [5.41, 5.74) is 1.65. The molecular weight excluding hydrogens is 378 g/mol. The minimum absolute atomic E-state index is 0.300. The maximum absolute atomic E-state index is 12.6. The van der Waals surface area contributed by atoms with E-state index in [9.17, 15) is 13.2 Å². The van der Waals surface area contributed by atoms with Gasteiger partial charge in [-0.05, 0) is 42.7 Å². The van der Waals surface area contributed by atoms with E-state index in [1.54, 1.807) is 24.3 Å². The molecule has 2 heterocycles. The predicted molar refractivity (Wildman–Crippen MR) is 105 cm³/mol. The Hall–Kier alpha value is -2.42. The van der Waals surface area contributed by atoms with Crippen LogP contribution in [0, 0.1) is 0 Å². The van der Waals surface area contributed by atoms with Gasteiger partial charge in [-0.15, -0.1) is 0 Å². The molecular formula is C20H23N3O4S. The van der Waals surface area contributed by atoms with E-state index in [2.05, 4.69) is 14.9 Å². The number of fused-ring (bicyclic) bond motifs is 1. The van der Waals surface area contributed by atoms with Gasteiger partial charge in [0.05, 0.1) is 18.4 Å². The number of anilines is 1. The van der Waals surface area contributed by atoms with Crippen molar-refractivity contribution in [2.24, 2.45) is 0 Å². The van der Waals surface area contributed by atoms with Crippen molar-refractivity contribution in [3.05, 3.63) is 59.7 Å². The summed E-state index contributed by atoms with van der Waals surface area (Å²) in [6.45, 7) is 2.27. The third-order valence-corrected chi connectivity index (χ3v) is 6.97. The standard InChI is InChI=1S/C20H23N3O4S/c1-27-19(24)16-8-6-15(7-9-16)14-23-12-10-20(11-13-23)21-17-4-2-3-5-18(17)28(25,26)22-20/h2-9,21-22H,10-14H2,1H3. The maximum atomic E-state index is 12.6. The van der Waals surface area contributed by atoms with E-state index in [1.807, 2.05) is 24.3 Å². The summed E-state index contributed by atoms with van der Waals surface area (Å²) in [7, 11) is -2.15. The molecule has 0 aliphatic carbocycles. The molecule has 2 aliphatic rings. The van der Waals surface area contributed by atoms with Crippen molar-refractivity contribution in [3.8, 4) is 0 Å². The molecule has 0 bridgehead atoms. The lowest BCUT2D eigenvalue weighted by Crippen LogP contribution is -2.61. The van der Waals surface area contributed by atoms with Crippen LogP contribution < -0.4 is 10.0 Å². The maximum Gasteiger partial charge on any atom is 0.337 e. The first kappa shape index (κ1) is 18.9. The summed E-state index contributed by atoms with van der Waals surface area (Å²) in [6, 6.07) is 14.4. The van der Waals surface area contributed by atoms with Gasteiger partial charge in [-0.2, -0.15) is 4.72 Å². The monoisotopic (exact) mass is 401 g/mol. The van der Waals surface area contributed by atoms with Crippen LogP contribution in [0.1, 0.15) is 28.8 Å². The first-order valence-electron chi connectivity index (χ1n) is 9.22. The molecule has 1 saturated heterocycles. The van der Waals surface area contributed by atoms with Crippen LogP contribution in [0.3, 0.4) is 0 Å². The van der Waals surface area contributed by atoms with Crippen LogP contribution in [-0.4, -0.2) is 45.1 Å². The summed E-state index contributed by atoms with van der Waals surface area (Å²) in [4.78, 5) is 14.1. The molecule has 2 aromatic carbocycles. The predicted octanol–water partition coefficient (Wildman–Crippen LogP) is 2.17. The molecule has 2 aromatic rings. The average Bonchev–Trinajstić information content (AvgIpc) is 2.69. The van der Waals surface area contributed by atoms with E-state index >= 15 is 0 Å². The number of para-hydroxylation sites is 1. The molecule has 2 aliphatic heterocycles. The van der Waals surface area contributed by atoms with Gasteiger partial charge in [0.15, 0.2) is 0 Å². The zero-order chi connectivity index (χ0) is 19.8. The van der Waals surface area contributed by atoms with Gasteiger partial charge in [0.25, 0.3) is 0 Å². The van der Waals surface area contributed by atoms with Crippen LogP contribution in [0.2, 0.25) is 0 Å². The number of sulfonamides is 1. The minimum atomic E-state index is -3.52. The molecule has 1 fully saturated rings. The summed E-state index contributed by atoms with van der Waals surface area (Å²) < 4.78 is 32.8. The number of nitrogens with one attached hydrogen (secondary N) is 2. The van der Waals surface area contributed by atoms with Crippen LogP contribution >= 0.6 is 0 Å². The van der Waals surface area contributed by atoms with E-state index < -0.39 is 15.7 Å². The highest BCUT2D eigenvalue weighted by atomic mass is 32.2. The Morgan fingerprint density at radius 2 is 1.79 bits per heavy atom. The molecule has 7 nitrogen and oxygen atoms in total. The van der Waals surface area contributed by atoms with E-state index in [-0.39, 0.29) is 5.97 Å². The zero-order valence-corrected chi connectivity index (χ0v) is 16.5. The molecule has 148 valence electrons. The number of piperidine rings is 1. The van der Waals surface area contributed by atoms with E-state index in [4.69, 9.17) is 4.74 Å². The van der Waals surface area contributed by atoms with Gasteiger partial charge in [0, 0.05) is 19.6 Å². The fourth-order valence-corrected chi connectivity index (χ4v) is 5.39. The molecule has 0 saturated carbocycles. The number of rotatable bonds is 3. The molecule has 0 radical (unpaired) electrons. The Balaban J connectivity index is 1.42. The molecule has 0 unspecified atom stereocenters. The molecule has 0 amide bonds. The smallest absolute Gasteiger partial charge is 0.337 e. The average molecular weight is 401 g/mol. The van der Waals surface area contributed by atoms with Crippen molar-refractivity contribution in [1.82, 2.24) is 9.62 Å². The van der Waals surface area contributed by atoms with E-state index in [0.717, 1.165) is 25.2 Å². The highest BCUT2D eigenvalue weighted by Gasteiger charge is 2.42. The number of hydrogen-bond acceptors (Lipinski definition) is 6. The second-order valence-electron chi connectivity index (χ2n) is 7.27. The highest BCUT2D eigenvalue weighted by molar-refractivity contribution is 7.89. The largest absolute Gasteiger partial charge is 0.465 e. The van der Waals surface area contributed by atoms with Crippen molar-refractivity contribution < 1.29 is 17.9 Å². The highest BCUT2D eigenvalue weighted by Crippen LogP contribution is 2.34.